The summed E-state index contributed by atoms with van der Waals surface area (Å²) in [7, 11) is 1.70. The van der Waals surface area contributed by atoms with Crippen molar-refractivity contribution in [2.75, 3.05) is 19.3 Å². The Hall–Kier alpha value is -2.16. The van der Waals surface area contributed by atoms with Crippen molar-refractivity contribution in [2.45, 2.75) is 39.7 Å². The molecule has 0 atom stereocenters. The molecule has 0 radical (unpaired) electrons. The minimum Gasteiger partial charge on any atom is -0.375 e. The number of urea groups is 1. The van der Waals surface area contributed by atoms with Gasteiger partial charge in [0, 0.05) is 25.4 Å². The first-order valence-electron chi connectivity index (χ1n) is 7.94. The lowest BCUT2D eigenvalue weighted by molar-refractivity contribution is 0.205. The van der Waals surface area contributed by atoms with E-state index in [4.69, 9.17) is 10.3 Å². The van der Waals surface area contributed by atoms with E-state index < -0.39 is 0 Å². The molecule has 2 aromatic heterocycles. The minimum absolute atomic E-state index is 0.164. The second-order valence-corrected chi connectivity index (χ2v) is 6.96. The highest BCUT2D eigenvalue weighted by molar-refractivity contribution is 7.13. The molecule has 0 saturated carbocycles. The van der Waals surface area contributed by atoms with Crippen LogP contribution in [0.25, 0.3) is 0 Å². The number of nitrogens with zero attached hydrogens (tertiary/aromatic N) is 4. The van der Waals surface area contributed by atoms with Gasteiger partial charge in [0.25, 0.3) is 0 Å². The number of hydrogen-bond donors (Lipinski definition) is 2. The molecule has 0 fully saturated rings. The molecule has 0 spiro atoms. The first-order valence-corrected chi connectivity index (χ1v) is 8.82. The lowest BCUT2D eigenvalue weighted by atomic mass is 10.1. The standard InChI is InChI=1S/C15H24N6O2S/c1-10(2)7-13-19-12(20-23-13)8-21(3)15(22)17-6-4-5-11-9-24-14(16)18-11/h9-10H,4-8H2,1-3H3,(H2,16,18)(H,17,22). The van der Waals surface area contributed by atoms with E-state index in [1.54, 1.807) is 7.05 Å². The van der Waals surface area contributed by atoms with Crippen LogP contribution in [0, 0.1) is 5.92 Å². The summed E-state index contributed by atoms with van der Waals surface area (Å²) >= 11 is 1.43. The normalized spacial score (nSPS) is 11.0. The number of amides is 2. The fourth-order valence-electron chi connectivity index (χ4n) is 2.11. The van der Waals surface area contributed by atoms with Gasteiger partial charge in [-0.2, -0.15) is 4.98 Å². The summed E-state index contributed by atoms with van der Waals surface area (Å²) < 4.78 is 5.17. The van der Waals surface area contributed by atoms with E-state index in [0.29, 0.717) is 35.9 Å². The Bertz CT molecular complexity index is 654. The molecular weight excluding hydrogens is 328 g/mol. The largest absolute Gasteiger partial charge is 0.375 e. The van der Waals surface area contributed by atoms with E-state index >= 15 is 0 Å². The first-order chi connectivity index (χ1) is 11.4. The van der Waals surface area contributed by atoms with E-state index in [1.807, 2.05) is 5.38 Å². The quantitative estimate of drug-likeness (QED) is 0.704. The van der Waals surface area contributed by atoms with Crippen molar-refractivity contribution in [2.24, 2.45) is 5.92 Å². The smallest absolute Gasteiger partial charge is 0.317 e. The van der Waals surface area contributed by atoms with Gasteiger partial charge >= 0.3 is 6.03 Å². The molecule has 0 aliphatic carbocycles. The summed E-state index contributed by atoms with van der Waals surface area (Å²) in [6, 6.07) is -0.164. The number of aryl methyl sites for hydroxylation is 1. The minimum atomic E-state index is -0.164. The van der Waals surface area contributed by atoms with E-state index in [-0.39, 0.29) is 6.03 Å². The summed E-state index contributed by atoms with van der Waals surface area (Å²) in [6.45, 7) is 5.06. The van der Waals surface area contributed by atoms with Gasteiger partial charge in [0.1, 0.15) is 0 Å². The maximum absolute atomic E-state index is 12.0. The van der Waals surface area contributed by atoms with Gasteiger partial charge in [-0.15, -0.1) is 11.3 Å². The Morgan fingerprint density at radius 3 is 2.92 bits per heavy atom. The molecule has 2 amide bonds. The summed E-state index contributed by atoms with van der Waals surface area (Å²) in [4.78, 5) is 22.1. The Balaban J connectivity index is 1.68. The highest BCUT2D eigenvalue weighted by Gasteiger charge is 2.13. The van der Waals surface area contributed by atoms with E-state index in [1.165, 1.54) is 16.2 Å². The van der Waals surface area contributed by atoms with Crippen LogP contribution in [-0.4, -0.2) is 39.6 Å². The van der Waals surface area contributed by atoms with E-state index in [9.17, 15) is 4.79 Å². The van der Waals surface area contributed by atoms with Crippen LogP contribution in [0.5, 0.6) is 0 Å². The Morgan fingerprint density at radius 1 is 1.46 bits per heavy atom. The number of carbonyl (C=O) groups is 1. The third-order valence-corrected chi connectivity index (χ3v) is 4.00. The summed E-state index contributed by atoms with van der Waals surface area (Å²) in [5, 5.41) is 9.28. The lowest BCUT2D eigenvalue weighted by Gasteiger charge is -2.15. The van der Waals surface area contributed by atoms with Gasteiger partial charge in [0.05, 0.1) is 12.2 Å². The third-order valence-electron chi connectivity index (χ3n) is 3.27. The molecule has 0 aliphatic rings. The van der Waals surface area contributed by atoms with Crippen LogP contribution < -0.4 is 11.1 Å². The maximum Gasteiger partial charge on any atom is 0.317 e. The number of nitrogen functional groups attached to an aromatic ring is 1. The average Bonchev–Trinajstić information content (AvgIpc) is 3.12. The summed E-state index contributed by atoms with van der Waals surface area (Å²) in [5.41, 5.74) is 6.55. The van der Waals surface area contributed by atoms with Gasteiger partial charge in [-0.3, -0.25) is 0 Å². The van der Waals surface area contributed by atoms with Gasteiger partial charge in [-0.25, -0.2) is 9.78 Å². The van der Waals surface area contributed by atoms with Crippen LogP contribution in [0.3, 0.4) is 0 Å². The second kappa shape index (κ2) is 8.62. The summed E-state index contributed by atoms with van der Waals surface area (Å²) in [5.74, 6) is 1.57. The van der Waals surface area contributed by atoms with Gasteiger partial charge < -0.3 is 20.5 Å². The van der Waals surface area contributed by atoms with Crippen LogP contribution in [0.1, 0.15) is 37.7 Å². The highest BCUT2D eigenvalue weighted by atomic mass is 32.1. The molecule has 0 aromatic carbocycles. The van der Waals surface area contributed by atoms with E-state index in [0.717, 1.165) is 25.0 Å². The SMILES string of the molecule is CC(C)Cc1nc(CN(C)C(=O)NCCCc2csc(N)n2)no1. The molecule has 3 N–H and O–H groups in total. The zero-order chi connectivity index (χ0) is 17.5. The van der Waals surface area contributed by atoms with Crippen molar-refractivity contribution >= 4 is 22.5 Å². The van der Waals surface area contributed by atoms with Crippen molar-refractivity contribution < 1.29 is 9.32 Å². The Kier molecular flexibility index (Phi) is 6.53. The molecule has 0 aliphatic heterocycles. The molecule has 2 aromatic rings. The van der Waals surface area contributed by atoms with Crippen LogP contribution in [0.2, 0.25) is 0 Å². The number of nitrogens with two attached hydrogens (primary N) is 1. The molecule has 24 heavy (non-hydrogen) atoms. The molecular formula is C15H24N6O2S. The number of rotatable bonds is 8. The van der Waals surface area contributed by atoms with Crippen molar-refractivity contribution in [3.05, 3.63) is 22.8 Å². The van der Waals surface area contributed by atoms with Gasteiger partial charge in [-0.05, 0) is 18.8 Å². The van der Waals surface area contributed by atoms with Crippen LogP contribution in [-0.2, 0) is 19.4 Å². The zero-order valence-electron chi connectivity index (χ0n) is 14.3. The highest BCUT2D eigenvalue weighted by Crippen LogP contribution is 2.12. The molecule has 8 nitrogen and oxygen atoms in total. The molecule has 132 valence electrons. The summed E-state index contributed by atoms with van der Waals surface area (Å²) in [6.07, 6.45) is 2.34. The number of anilines is 1. The molecule has 0 unspecified atom stereocenters. The average molecular weight is 352 g/mol. The van der Waals surface area contributed by atoms with Gasteiger partial charge in [-0.1, -0.05) is 19.0 Å². The molecule has 0 saturated heterocycles. The molecule has 9 heteroatoms. The number of hydrogen-bond acceptors (Lipinski definition) is 7. The number of carbonyl (C=O) groups excluding carboxylic acids is 1. The number of aromatic nitrogens is 3. The number of nitrogens with one attached hydrogen (secondary N) is 1. The van der Waals surface area contributed by atoms with Crippen LogP contribution in [0.4, 0.5) is 9.93 Å². The molecule has 0 bridgehead atoms. The monoisotopic (exact) mass is 352 g/mol. The first kappa shape index (κ1) is 18.2. The van der Waals surface area contributed by atoms with Gasteiger partial charge in [0.15, 0.2) is 11.0 Å². The second-order valence-electron chi connectivity index (χ2n) is 6.07. The fraction of sp³-hybridized carbons (Fsp3) is 0.600. The maximum atomic E-state index is 12.0. The Labute approximate surface area is 145 Å². The van der Waals surface area contributed by atoms with Crippen molar-refractivity contribution in [3.8, 4) is 0 Å². The topological polar surface area (TPSA) is 110 Å². The van der Waals surface area contributed by atoms with Crippen LogP contribution in [0.15, 0.2) is 9.90 Å². The fourth-order valence-corrected chi connectivity index (χ4v) is 2.71. The van der Waals surface area contributed by atoms with Crippen LogP contribution >= 0.6 is 11.3 Å². The molecule has 2 rings (SSSR count). The third kappa shape index (κ3) is 5.80. The predicted octanol–water partition coefficient (Wildman–Crippen LogP) is 2.08. The zero-order valence-corrected chi connectivity index (χ0v) is 15.1. The van der Waals surface area contributed by atoms with Crippen molar-refractivity contribution in [1.82, 2.24) is 25.3 Å². The van der Waals surface area contributed by atoms with Crippen molar-refractivity contribution in [3.63, 3.8) is 0 Å². The van der Waals surface area contributed by atoms with Gasteiger partial charge in [0.2, 0.25) is 5.89 Å². The van der Waals surface area contributed by atoms with Crippen molar-refractivity contribution in [1.29, 1.82) is 0 Å². The molecule has 2 heterocycles. The number of thiazole rings is 1. The predicted molar refractivity (Wildman–Crippen MR) is 92.6 cm³/mol. The Morgan fingerprint density at radius 2 is 2.25 bits per heavy atom. The van der Waals surface area contributed by atoms with E-state index in [2.05, 4.69) is 34.3 Å². The lowest BCUT2D eigenvalue weighted by Crippen LogP contribution is -2.37.